The Bertz CT molecular complexity index is 1210. The lowest BCUT2D eigenvalue weighted by Gasteiger charge is -2.42. The highest BCUT2D eigenvalue weighted by atomic mass is 16.3. The molecule has 33 heavy (non-hydrogen) atoms. The fourth-order valence-corrected chi connectivity index (χ4v) is 6.09. The summed E-state index contributed by atoms with van der Waals surface area (Å²) in [5.74, 6) is -2.39. The minimum Gasteiger partial charge on any atom is -0.508 e. The number of rotatable bonds is 1. The summed E-state index contributed by atoms with van der Waals surface area (Å²) in [6.45, 7) is 7.20. The van der Waals surface area contributed by atoms with Crippen LogP contribution in [0.2, 0.25) is 0 Å². The van der Waals surface area contributed by atoms with Gasteiger partial charge in [-0.2, -0.15) is 0 Å². The summed E-state index contributed by atoms with van der Waals surface area (Å²) in [6, 6.07) is 6.64. The van der Waals surface area contributed by atoms with Gasteiger partial charge in [-0.25, -0.2) is 0 Å². The second-order valence-corrected chi connectivity index (χ2v) is 10.5. The zero-order valence-corrected chi connectivity index (χ0v) is 19.2. The van der Waals surface area contributed by atoms with Crippen LogP contribution in [0.25, 0.3) is 0 Å². The van der Waals surface area contributed by atoms with E-state index < -0.39 is 23.3 Å². The molecule has 0 bridgehead atoms. The van der Waals surface area contributed by atoms with Crippen molar-refractivity contribution in [2.45, 2.75) is 52.0 Å². The standard InChI is InChI=1S/C27H27NO5/c1-13-11-20(30)23-19(24(13)31)12-18-16(21(23)14-5-7-15(29)8-6-14)9-10-17-22(18)26(33)28(25(17)32)27(2,3)4/h5-9,11,17-18,21-22,29H,10,12H2,1-4H3. The minimum absolute atomic E-state index is 0.108. The highest BCUT2D eigenvalue weighted by Crippen LogP contribution is 2.55. The van der Waals surface area contributed by atoms with Crippen molar-refractivity contribution >= 4 is 23.4 Å². The van der Waals surface area contributed by atoms with Crippen LogP contribution >= 0.6 is 0 Å². The number of allylic oxidation sites excluding steroid dienone is 6. The third-order valence-electron chi connectivity index (χ3n) is 7.46. The van der Waals surface area contributed by atoms with E-state index >= 15 is 0 Å². The number of phenols is 1. The van der Waals surface area contributed by atoms with Gasteiger partial charge in [-0.15, -0.1) is 0 Å². The van der Waals surface area contributed by atoms with Gasteiger partial charge in [0.05, 0.1) is 11.8 Å². The number of fused-ring (bicyclic) bond motifs is 3. The van der Waals surface area contributed by atoms with Crippen LogP contribution < -0.4 is 0 Å². The monoisotopic (exact) mass is 445 g/mol. The molecule has 0 saturated carbocycles. The number of phenolic OH excluding ortho intramolecular Hbond substituents is 1. The molecule has 1 saturated heterocycles. The molecule has 0 aromatic heterocycles. The van der Waals surface area contributed by atoms with Gasteiger partial charge in [0.1, 0.15) is 5.75 Å². The number of hydrogen-bond donors (Lipinski definition) is 1. The molecule has 0 spiro atoms. The molecule has 6 heteroatoms. The maximum atomic E-state index is 13.6. The maximum absolute atomic E-state index is 13.6. The van der Waals surface area contributed by atoms with Crippen LogP contribution in [0.4, 0.5) is 0 Å². The SMILES string of the molecule is CC1=CC(=O)C2=C(CC3C(=CCC4C(=O)N(C(C)(C)C)C(=O)C43)C2c2ccc(O)cc2)C1=O. The average molecular weight is 446 g/mol. The number of likely N-dealkylation sites (tertiary alicyclic amines) is 1. The fourth-order valence-electron chi connectivity index (χ4n) is 6.09. The average Bonchev–Trinajstić information content (AvgIpc) is 3.01. The molecule has 1 aliphatic heterocycles. The molecule has 6 nitrogen and oxygen atoms in total. The Labute approximate surface area is 192 Å². The van der Waals surface area contributed by atoms with Crippen molar-refractivity contribution in [1.82, 2.24) is 4.90 Å². The predicted octanol–water partition coefficient (Wildman–Crippen LogP) is 3.62. The molecule has 4 atom stereocenters. The van der Waals surface area contributed by atoms with Crippen molar-refractivity contribution in [3.8, 4) is 5.75 Å². The van der Waals surface area contributed by atoms with Crippen molar-refractivity contribution in [2.75, 3.05) is 0 Å². The lowest BCUT2D eigenvalue weighted by molar-refractivity contribution is -0.145. The number of imide groups is 1. The summed E-state index contributed by atoms with van der Waals surface area (Å²) in [6.07, 6.45) is 4.12. The van der Waals surface area contributed by atoms with E-state index in [1.165, 1.54) is 11.0 Å². The van der Waals surface area contributed by atoms with Gasteiger partial charge in [0, 0.05) is 28.2 Å². The first kappa shape index (κ1) is 21.6. The summed E-state index contributed by atoms with van der Waals surface area (Å²) in [4.78, 5) is 54.5. The Morgan fingerprint density at radius 1 is 0.970 bits per heavy atom. The molecule has 1 fully saturated rings. The van der Waals surface area contributed by atoms with Crippen LogP contribution in [-0.2, 0) is 19.2 Å². The Hall–Kier alpha value is -3.28. The molecule has 170 valence electrons. The van der Waals surface area contributed by atoms with Crippen molar-refractivity contribution < 1.29 is 24.3 Å². The van der Waals surface area contributed by atoms with Crippen LogP contribution in [0.1, 0.15) is 52.0 Å². The Kier molecular flexibility index (Phi) is 4.64. The van der Waals surface area contributed by atoms with Gasteiger partial charge < -0.3 is 5.11 Å². The van der Waals surface area contributed by atoms with E-state index in [2.05, 4.69) is 0 Å². The van der Waals surface area contributed by atoms with Gasteiger partial charge in [-0.1, -0.05) is 23.8 Å². The van der Waals surface area contributed by atoms with Crippen LogP contribution in [0.3, 0.4) is 0 Å². The van der Waals surface area contributed by atoms with E-state index in [1.54, 1.807) is 31.2 Å². The fraction of sp³-hybridized carbons (Fsp3) is 0.407. The molecule has 2 amide bonds. The molecule has 3 aliphatic carbocycles. The maximum Gasteiger partial charge on any atom is 0.234 e. The Morgan fingerprint density at radius 2 is 1.64 bits per heavy atom. The predicted molar refractivity (Wildman–Crippen MR) is 121 cm³/mol. The normalized spacial score (nSPS) is 29.5. The lowest BCUT2D eigenvalue weighted by atomic mass is 9.59. The van der Waals surface area contributed by atoms with E-state index in [1.807, 2.05) is 26.8 Å². The highest BCUT2D eigenvalue weighted by Gasteiger charge is 2.58. The highest BCUT2D eigenvalue weighted by molar-refractivity contribution is 6.23. The van der Waals surface area contributed by atoms with E-state index in [9.17, 15) is 24.3 Å². The van der Waals surface area contributed by atoms with E-state index in [4.69, 9.17) is 0 Å². The van der Waals surface area contributed by atoms with Gasteiger partial charge in [-0.3, -0.25) is 24.1 Å². The first-order valence-corrected chi connectivity index (χ1v) is 11.4. The largest absolute Gasteiger partial charge is 0.508 e. The number of Topliss-reactive ketones (excluding diaryl/α,β-unsaturated/α-hetero) is 1. The zero-order chi connectivity index (χ0) is 23.8. The van der Waals surface area contributed by atoms with Crippen molar-refractivity contribution in [3.05, 3.63) is 64.3 Å². The molecule has 1 heterocycles. The third-order valence-corrected chi connectivity index (χ3v) is 7.46. The summed E-state index contributed by atoms with van der Waals surface area (Å²) in [5.41, 5.74) is 2.39. The number of carbonyl (C=O) groups excluding carboxylic acids is 4. The Morgan fingerprint density at radius 3 is 2.27 bits per heavy atom. The number of benzene rings is 1. The molecule has 5 rings (SSSR count). The summed E-state index contributed by atoms with van der Waals surface area (Å²) < 4.78 is 0. The van der Waals surface area contributed by atoms with Crippen LogP contribution in [-0.4, -0.2) is 38.9 Å². The molecule has 1 aromatic rings. The van der Waals surface area contributed by atoms with Crippen LogP contribution in [0.15, 0.2) is 58.7 Å². The molecular formula is C27H27NO5. The van der Waals surface area contributed by atoms with Gasteiger partial charge in [0.15, 0.2) is 11.6 Å². The summed E-state index contributed by atoms with van der Waals surface area (Å²) in [7, 11) is 0. The van der Waals surface area contributed by atoms with Crippen molar-refractivity contribution in [3.63, 3.8) is 0 Å². The molecule has 1 N–H and O–H groups in total. The molecule has 4 unspecified atom stereocenters. The first-order valence-electron chi connectivity index (χ1n) is 11.4. The van der Waals surface area contributed by atoms with Gasteiger partial charge in [0.25, 0.3) is 0 Å². The van der Waals surface area contributed by atoms with Crippen molar-refractivity contribution in [2.24, 2.45) is 17.8 Å². The second kappa shape index (κ2) is 7.11. The quantitative estimate of drug-likeness (QED) is 0.405. The summed E-state index contributed by atoms with van der Waals surface area (Å²) >= 11 is 0. The number of amides is 2. The number of ketones is 2. The van der Waals surface area contributed by atoms with Crippen LogP contribution in [0, 0.1) is 17.8 Å². The Balaban J connectivity index is 1.68. The smallest absolute Gasteiger partial charge is 0.234 e. The van der Waals surface area contributed by atoms with Crippen molar-refractivity contribution in [1.29, 1.82) is 0 Å². The van der Waals surface area contributed by atoms with E-state index in [0.29, 0.717) is 23.1 Å². The zero-order valence-electron chi connectivity index (χ0n) is 19.2. The van der Waals surface area contributed by atoms with Gasteiger partial charge in [-0.05, 0) is 70.2 Å². The molecule has 0 radical (unpaired) electrons. The van der Waals surface area contributed by atoms with Gasteiger partial charge in [0.2, 0.25) is 11.8 Å². The van der Waals surface area contributed by atoms with E-state index in [-0.39, 0.29) is 41.5 Å². The second-order valence-electron chi connectivity index (χ2n) is 10.5. The van der Waals surface area contributed by atoms with E-state index in [0.717, 1.165) is 11.1 Å². The number of nitrogens with zero attached hydrogens (tertiary/aromatic N) is 1. The minimum atomic E-state index is -0.628. The number of carbonyl (C=O) groups is 4. The lowest BCUT2D eigenvalue weighted by Crippen LogP contribution is -2.46. The first-order chi connectivity index (χ1) is 15.5. The van der Waals surface area contributed by atoms with Gasteiger partial charge >= 0.3 is 0 Å². The molecular weight excluding hydrogens is 418 g/mol. The number of hydrogen-bond acceptors (Lipinski definition) is 5. The van der Waals surface area contributed by atoms with Crippen LogP contribution in [0.5, 0.6) is 5.75 Å². The summed E-state index contributed by atoms with van der Waals surface area (Å²) in [5, 5.41) is 9.80. The topological polar surface area (TPSA) is 91.8 Å². The molecule has 1 aromatic carbocycles. The number of aromatic hydroxyl groups is 1. The third kappa shape index (κ3) is 3.07. The molecule has 4 aliphatic rings.